The Bertz CT molecular complexity index is 1680. The zero-order valence-corrected chi connectivity index (χ0v) is 27.0. The van der Waals surface area contributed by atoms with Crippen LogP contribution in [0.3, 0.4) is 0 Å². The smallest absolute Gasteiger partial charge is 0.264 e. The zero-order valence-electron chi connectivity index (χ0n) is 26.2. The van der Waals surface area contributed by atoms with Gasteiger partial charge in [-0.1, -0.05) is 85.8 Å². The Kier molecular flexibility index (Phi) is 11.4. The summed E-state index contributed by atoms with van der Waals surface area (Å²) in [6.07, 6.45) is 0.972. The summed E-state index contributed by atoms with van der Waals surface area (Å²) in [7, 11) is -2.69. The first-order chi connectivity index (χ1) is 21.6. The maximum absolute atomic E-state index is 14.6. The van der Waals surface area contributed by atoms with Gasteiger partial charge in [0, 0.05) is 25.1 Å². The third-order valence-electron chi connectivity index (χ3n) is 7.83. The SMILES string of the molecule is CC[C@H](C)NC(=O)[C@@H](Cc1ccccc1)N(Cc1ccccc1C)C(=O)CN(c1cccc(OC)c1)S(=O)(=O)c1ccccc1. The van der Waals surface area contributed by atoms with Crippen molar-refractivity contribution in [3.8, 4) is 5.75 Å². The number of carbonyl (C=O) groups is 2. The minimum absolute atomic E-state index is 0.0430. The third-order valence-corrected chi connectivity index (χ3v) is 9.61. The van der Waals surface area contributed by atoms with Gasteiger partial charge < -0.3 is 15.0 Å². The van der Waals surface area contributed by atoms with E-state index < -0.39 is 28.5 Å². The van der Waals surface area contributed by atoms with E-state index in [2.05, 4.69) is 5.32 Å². The average Bonchev–Trinajstić information content (AvgIpc) is 3.06. The van der Waals surface area contributed by atoms with Crippen LogP contribution in [0.2, 0.25) is 0 Å². The number of ether oxygens (including phenoxy) is 1. The average molecular weight is 628 g/mol. The van der Waals surface area contributed by atoms with Crippen molar-refractivity contribution >= 4 is 27.5 Å². The molecule has 0 aromatic heterocycles. The first kappa shape index (κ1) is 33.3. The van der Waals surface area contributed by atoms with Crippen molar-refractivity contribution < 1.29 is 22.7 Å². The molecule has 45 heavy (non-hydrogen) atoms. The summed E-state index contributed by atoms with van der Waals surface area (Å²) < 4.78 is 34.7. The van der Waals surface area contributed by atoms with Gasteiger partial charge >= 0.3 is 0 Å². The Balaban J connectivity index is 1.82. The minimum atomic E-state index is -4.19. The van der Waals surface area contributed by atoms with E-state index in [0.717, 1.165) is 21.0 Å². The lowest BCUT2D eigenvalue weighted by atomic mass is 10.0. The van der Waals surface area contributed by atoms with Crippen molar-refractivity contribution in [1.82, 2.24) is 10.2 Å². The van der Waals surface area contributed by atoms with Crippen LogP contribution < -0.4 is 14.4 Å². The molecule has 4 aromatic carbocycles. The number of benzene rings is 4. The van der Waals surface area contributed by atoms with Crippen LogP contribution in [0.1, 0.15) is 37.0 Å². The Morgan fingerprint density at radius 1 is 0.867 bits per heavy atom. The standard InChI is InChI=1S/C36H41N3O5S/c1-5-28(3)37-36(41)34(23-29-16-8-6-9-17-29)38(25-30-18-13-12-15-27(30)2)35(40)26-39(31-19-14-20-32(24-31)44-4)45(42,43)33-21-10-7-11-22-33/h6-22,24,28,34H,5,23,25-26H2,1-4H3,(H,37,41)/t28-,34+/m0/s1. The lowest BCUT2D eigenvalue weighted by molar-refractivity contribution is -0.140. The molecule has 0 aliphatic rings. The second-order valence-corrected chi connectivity index (χ2v) is 12.9. The van der Waals surface area contributed by atoms with E-state index in [1.807, 2.05) is 75.4 Å². The predicted octanol–water partition coefficient (Wildman–Crippen LogP) is 5.75. The molecule has 2 amide bonds. The quantitative estimate of drug-likeness (QED) is 0.192. The molecule has 4 rings (SSSR count). The maximum Gasteiger partial charge on any atom is 0.264 e. The Hall–Kier alpha value is -4.63. The molecule has 0 unspecified atom stereocenters. The van der Waals surface area contributed by atoms with Crippen LogP contribution in [-0.4, -0.2) is 50.9 Å². The molecule has 2 atom stereocenters. The summed E-state index contributed by atoms with van der Waals surface area (Å²) in [5.74, 6) is -0.366. The fraction of sp³-hybridized carbons (Fsp3) is 0.278. The van der Waals surface area contributed by atoms with Gasteiger partial charge in [0.05, 0.1) is 17.7 Å². The van der Waals surface area contributed by atoms with Crippen LogP contribution in [0, 0.1) is 6.92 Å². The molecule has 9 heteroatoms. The van der Waals surface area contributed by atoms with E-state index in [-0.39, 0.29) is 35.5 Å². The number of hydrogen-bond donors (Lipinski definition) is 1. The normalized spacial score (nSPS) is 12.5. The third kappa shape index (κ3) is 8.51. The van der Waals surface area contributed by atoms with Crippen LogP contribution in [0.15, 0.2) is 114 Å². The van der Waals surface area contributed by atoms with Gasteiger partial charge in [0.15, 0.2) is 0 Å². The number of hydrogen-bond acceptors (Lipinski definition) is 5. The van der Waals surface area contributed by atoms with Gasteiger partial charge in [-0.2, -0.15) is 0 Å². The second-order valence-electron chi connectivity index (χ2n) is 11.0. The number of methoxy groups -OCH3 is 1. The van der Waals surface area contributed by atoms with E-state index in [4.69, 9.17) is 4.74 Å². The zero-order chi connectivity index (χ0) is 32.4. The number of aryl methyl sites for hydroxylation is 1. The largest absolute Gasteiger partial charge is 0.497 e. The van der Waals surface area contributed by atoms with Crippen molar-refractivity contribution in [3.63, 3.8) is 0 Å². The molecular weight excluding hydrogens is 586 g/mol. The summed E-state index contributed by atoms with van der Waals surface area (Å²) in [6.45, 7) is 5.44. The molecule has 0 saturated heterocycles. The van der Waals surface area contributed by atoms with Gasteiger partial charge in [-0.25, -0.2) is 8.42 Å². The number of amides is 2. The van der Waals surface area contributed by atoms with Gasteiger partial charge in [0.1, 0.15) is 18.3 Å². The van der Waals surface area contributed by atoms with Crippen molar-refractivity contribution in [3.05, 3.63) is 126 Å². The van der Waals surface area contributed by atoms with E-state index in [1.165, 1.54) is 24.1 Å². The Morgan fingerprint density at radius 3 is 2.16 bits per heavy atom. The monoisotopic (exact) mass is 627 g/mol. The van der Waals surface area contributed by atoms with Crippen molar-refractivity contribution in [2.45, 2.75) is 57.1 Å². The molecule has 8 nitrogen and oxygen atoms in total. The summed E-state index contributed by atoms with van der Waals surface area (Å²) in [4.78, 5) is 30.1. The fourth-order valence-corrected chi connectivity index (χ4v) is 6.41. The first-order valence-corrected chi connectivity index (χ1v) is 16.5. The number of nitrogens with one attached hydrogen (secondary N) is 1. The number of carbonyl (C=O) groups excluding carboxylic acids is 2. The molecule has 0 aliphatic heterocycles. The molecular formula is C36H41N3O5S. The van der Waals surface area contributed by atoms with Crippen LogP contribution in [0.5, 0.6) is 5.75 Å². The van der Waals surface area contributed by atoms with Gasteiger partial charge in [0.25, 0.3) is 10.0 Å². The van der Waals surface area contributed by atoms with Gasteiger partial charge in [-0.3, -0.25) is 13.9 Å². The lowest BCUT2D eigenvalue weighted by Crippen LogP contribution is -2.54. The highest BCUT2D eigenvalue weighted by atomic mass is 32.2. The molecule has 1 N–H and O–H groups in total. The van der Waals surface area contributed by atoms with E-state index in [9.17, 15) is 18.0 Å². The lowest BCUT2D eigenvalue weighted by Gasteiger charge is -2.34. The van der Waals surface area contributed by atoms with E-state index in [0.29, 0.717) is 12.2 Å². The molecule has 0 radical (unpaired) electrons. The van der Waals surface area contributed by atoms with Crippen LogP contribution in [-0.2, 0) is 32.6 Å². The molecule has 0 spiro atoms. The number of sulfonamides is 1. The van der Waals surface area contributed by atoms with Gasteiger partial charge in [-0.05, 0) is 61.2 Å². The molecule has 236 valence electrons. The molecule has 0 aliphatic carbocycles. The van der Waals surface area contributed by atoms with Crippen LogP contribution in [0.4, 0.5) is 5.69 Å². The highest BCUT2D eigenvalue weighted by molar-refractivity contribution is 7.92. The van der Waals surface area contributed by atoms with Crippen molar-refractivity contribution in [2.24, 2.45) is 0 Å². The second kappa shape index (κ2) is 15.4. The first-order valence-electron chi connectivity index (χ1n) is 15.0. The van der Waals surface area contributed by atoms with Gasteiger partial charge in [0.2, 0.25) is 11.8 Å². The highest BCUT2D eigenvalue weighted by Crippen LogP contribution is 2.28. The van der Waals surface area contributed by atoms with Crippen LogP contribution >= 0.6 is 0 Å². The van der Waals surface area contributed by atoms with E-state index >= 15 is 0 Å². The molecule has 0 heterocycles. The summed E-state index contributed by atoms with van der Waals surface area (Å²) >= 11 is 0. The minimum Gasteiger partial charge on any atom is -0.497 e. The summed E-state index contributed by atoms with van der Waals surface area (Å²) in [5.41, 5.74) is 2.97. The highest BCUT2D eigenvalue weighted by Gasteiger charge is 2.35. The summed E-state index contributed by atoms with van der Waals surface area (Å²) in [6, 6.07) is 30.8. The topological polar surface area (TPSA) is 96.0 Å². The summed E-state index contributed by atoms with van der Waals surface area (Å²) in [5, 5.41) is 3.06. The fourth-order valence-electron chi connectivity index (χ4n) is 4.98. The van der Waals surface area contributed by atoms with Gasteiger partial charge in [-0.15, -0.1) is 0 Å². The molecule has 0 fully saturated rings. The van der Waals surface area contributed by atoms with Crippen molar-refractivity contribution in [2.75, 3.05) is 18.0 Å². The Morgan fingerprint density at radius 2 is 1.51 bits per heavy atom. The molecule has 0 bridgehead atoms. The Labute approximate surface area is 266 Å². The molecule has 4 aromatic rings. The van der Waals surface area contributed by atoms with E-state index in [1.54, 1.807) is 42.5 Å². The van der Waals surface area contributed by atoms with Crippen molar-refractivity contribution in [1.29, 1.82) is 0 Å². The molecule has 0 saturated carbocycles. The number of anilines is 1. The predicted molar refractivity (Wildman–Crippen MR) is 178 cm³/mol. The number of rotatable bonds is 14. The number of nitrogens with zero attached hydrogens (tertiary/aromatic N) is 2. The maximum atomic E-state index is 14.6. The van der Waals surface area contributed by atoms with Crippen LogP contribution in [0.25, 0.3) is 0 Å².